The van der Waals surface area contributed by atoms with Gasteiger partial charge in [-0.05, 0) is 54.4 Å². The first kappa shape index (κ1) is 21.3. The fraction of sp³-hybridized carbons (Fsp3) is 0.107. The predicted molar refractivity (Wildman–Crippen MR) is 138 cm³/mol. The molecule has 35 heavy (non-hydrogen) atoms. The molecule has 0 N–H and O–H groups in total. The molecule has 0 aliphatic carbocycles. The zero-order chi connectivity index (χ0) is 24.1. The van der Waals surface area contributed by atoms with Gasteiger partial charge in [-0.3, -0.25) is 14.5 Å². The van der Waals surface area contributed by atoms with E-state index in [0.29, 0.717) is 34.0 Å². The van der Waals surface area contributed by atoms with E-state index >= 15 is 0 Å². The predicted octanol–water partition coefficient (Wildman–Crippen LogP) is 6.03. The summed E-state index contributed by atoms with van der Waals surface area (Å²) < 4.78 is 12.7. The van der Waals surface area contributed by atoms with Gasteiger partial charge in [-0.2, -0.15) is 0 Å². The first-order valence-corrected chi connectivity index (χ1v) is 12.0. The second-order valence-electron chi connectivity index (χ2n) is 8.39. The van der Waals surface area contributed by atoms with Crippen LogP contribution in [0.15, 0.2) is 88.6 Å². The SMILES string of the molecule is C=CCOc1cccc([C@@H]2c3c(oc4ccccc4c3=O)C(=O)N2c2nc3ccc(C)cc3s2)c1. The third-order valence-corrected chi connectivity index (χ3v) is 7.08. The van der Waals surface area contributed by atoms with E-state index in [0.717, 1.165) is 21.3 Å². The number of fused-ring (bicyclic) bond motifs is 3. The maximum atomic E-state index is 13.8. The van der Waals surface area contributed by atoms with Gasteiger partial charge in [0.2, 0.25) is 5.76 Å². The Labute approximate surface area is 204 Å². The lowest BCUT2D eigenvalue weighted by Gasteiger charge is -2.23. The Balaban J connectivity index is 1.60. The topological polar surface area (TPSA) is 72.6 Å². The van der Waals surface area contributed by atoms with Gasteiger partial charge in [-0.15, -0.1) is 0 Å². The lowest BCUT2D eigenvalue weighted by atomic mass is 9.98. The van der Waals surface area contributed by atoms with Crippen molar-refractivity contribution in [3.63, 3.8) is 0 Å². The molecule has 5 aromatic rings. The van der Waals surface area contributed by atoms with Crippen LogP contribution in [0.25, 0.3) is 21.2 Å². The molecule has 0 spiro atoms. The number of nitrogens with zero attached hydrogens (tertiary/aromatic N) is 2. The maximum absolute atomic E-state index is 13.8. The van der Waals surface area contributed by atoms with Gasteiger partial charge >= 0.3 is 0 Å². The highest BCUT2D eigenvalue weighted by Gasteiger charge is 2.45. The van der Waals surface area contributed by atoms with Crippen LogP contribution >= 0.6 is 11.3 Å². The number of aromatic nitrogens is 1. The largest absolute Gasteiger partial charge is 0.490 e. The summed E-state index contributed by atoms with van der Waals surface area (Å²) in [6.45, 7) is 6.06. The van der Waals surface area contributed by atoms with E-state index < -0.39 is 6.04 Å². The minimum absolute atomic E-state index is 0.0477. The molecule has 0 unspecified atom stereocenters. The van der Waals surface area contributed by atoms with Crippen LogP contribution in [0, 0.1) is 6.92 Å². The zero-order valence-corrected chi connectivity index (χ0v) is 19.7. The number of thiazole rings is 1. The van der Waals surface area contributed by atoms with Crippen molar-refractivity contribution in [2.75, 3.05) is 11.5 Å². The molecule has 6 rings (SSSR count). The highest BCUT2D eigenvalue weighted by molar-refractivity contribution is 7.22. The van der Waals surface area contributed by atoms with Crippen LogP contribution in [-0.4, -0.2) is 17.5 Å². The fourth-order valence-corrected chi connectivity index (χ4v) is 5.58. The van der Waals surface area contributed by atoms with Crippen molar-refractivity contribution in [1.29, 1.82) is 0 Å². The van der Waals surface area contributed by atoms with E-state index in [4.69, 9.17) is 14.1 Å². The van der Waals surface area contributed by atoms with Crippen molar-refractivity contribution < 1.29 is 13.9 Å². The van der Waals surface area contributed by atoms with Crippen molar-refractivity contribution in [2.45, 2.75) is 13.0 Å². The summed E-state index contributed by atoms with van der Waals surface area (Å²) in [7, 11) is 0. The molecule has 3 heterocycles. The maximum Gasteiger partial charge on any atom is 0.297 e. The minimum Gasteiger partial charge on any atom is -0.490 e. The molecule has 172 valence electrons. The summed E-state index contributed by atoms with van der Waals surface area (Å²) in [6.07, 6.45) is 1.66. The standard InChI is InChI=1S/C28H20N2O4S/c1-3-13-33-18-8-6-7-17(15-18)24-23-25(31)19-9-4-5-10-21(19)34-26(23)27(32)30(24)28-29-20-12-11-16(2)14-22(20)35-28/h3-12,14-15,24H,1,13H2,2H3/t24-/m1/s1. The third-order valence-electron chi connectivity index (χ3n) is 6.06. The van der Waals surface area contributed by atoms with Gasteiger partial charge in [0.05, 0.1) is 27.2 Å². The number of carbonyl (C=O) groups is 1. The number of amides is 1. The minimum atomic E-state index is -0.702. The van der Waals surface area contributed by atoms with Crippen LogP contribution in [0.3, 0.4) is 0 Å². The Bertz CT molecular complexity index is 1700. The zero-order valence-electron chi connectivity index (χ0n) is 18.9. The Kier molecular flexibility index (Phi) is 5.00. The highest BCUT2D eigenvalue weighted by Crippen LogP contribution is 2.44. The average Bonchev–Trinajstić information content (AvgIpc) is 3.41. The Morgan fingerprint density at radius 2 is 1.97 bits per heavy atom. The number of para-hydroxylation sites is 1. The van der Waals surface area contributed by atoms with E-state index in [9.17, 15) is 9.59 Å². The molecule has 0 fully saturated rings. The quantitative estimate of drug-likeness (QED) is 0.287. The molecule has 1 aliphatic heterocycles. The second kappa shape index (κ2) is 8.21. The molecular formula is C28H20N2O4S. The first-order chi connectivity index (χ1) is 17.0. The average molecular weight is 481 g/mol. The summed E-state index contributed by atoms with van der Waals surface area (Å²) >= 11 is 1.42. The van der Waals surface area contributed by atoms with Crippen molar-refractivity contribution in [3.05, 3.63) is 112 Å². The molecule has 1 amide bonds. The smallest absolute Gasteiger partial charge is 0.297 e. The Morgan fingerprint density at radius 1 is 1.11 bits per heavy atom. The van der Waals surface area contributed by atoms with Crippen LogP contribution in [0.2, 0.25) is 0 Å². The lowest BCUT2D eigenvalue weighted by Crippen LogP contribution is -2.29. The molecule has 0 saturated carbocycles. The van der Waals surface area contributed by atoms with Crippen molar-refractivity contribution >= 4 is 43.6 Å². The molecule has 0 bridgehead atoms. The van der Waals surface area contributed by atoms with E-state index in [-0.39, 0.29) is 17.1 Å². The van der Waals surface area contributed by atoms with Crippen LogP contribution in [0.1, 0.15) is 33.3 Å². The monoisotopic (exact) mass is 480 g/mol. The van der Waals surface area contributed by atoms with Crippen molar-refractivity contribution in [1.82, 2.24) is 4.98 Å². The number of hydrogen-bond acceptors (Lipinski definition) is 6. The van der Waals surface area contributed by atoms with Gasteiger partial charge in [-0.1, -0.05) is 54.3 Å². The normalized spacial score (nSPS) is 15.1. The third kappa shape index (κ3) is 3.43. The Hall–Kier alpha value is -4.23. The molecule has 1 aliphatic rings. The molecule has 6 nitrogen and oxygen atoms in total. The summed E-state index contributed by atoms with van der Waals surface area (Å²) in [5, 5.41) is 0.942. The van der Waals surface area contributed by atoms with Gasteiger partial charge in [0.15, 0.2) is 10.6 Å². The summed E-state index contributed by atoms with van der Waals surface area (Å²) in [5.74, 6) is 0.279. The second-order valence-corrected chi connectivity index (χ2v) is 9.40. The molecule has 3 aromatic carbocycles. The molecular weight excluding hydrogens is 460 g/mol. The number of benzene rings is 3. The van der Waals surface area contributed by atoms with Crippen molar-refractivity contribution in [2.24, 2.45) is 0 Å². The van der Waals surface area contributed by atoms with Gasteiger partial charge in [-0.25, -0.2) is 4.98 Å². The molecule has 7 heteroatoms. The van der Waals surface area contributed by atoms with Gasteiger partial charge in [0.1, 0.15) is 17.9 Å². The summed E-state index contributed by atoms with van der Waals surface area (Å²) in [6, 6.07) is 19.7. The van der Waals surface area contributed by atoms with Crippen molar-refractivity contribution in [3.8, 4) is 5.75 Å². The van der Waals surface area contributed by atoms with Crippen LogP contribution in [0.5, 0.6) is 5.75 Å². The van der Waals surface area contributed by atoms with Gasteiger partial charge in [0, 0.05) is 0 Å². The van der Waals surface area contributed by atoms with Gasteiger partial charge < -0.3 is 9.15 Å². The highest BCUT2D eigenvalue weighted by atomic mass is 32.1. The van der Waals surface area contributed by atoms with Gasteiger partial charge in [0.25, 0.3) is 5.91 Å². The molecule has 0 radical (unpaired) electrons. The van der Waals surface area contributed by atoms with E-state index in [1.54, 1.807) is 35.2 Å². The van der Waals surface area contributed by atoms with E-state index in [1.807, 2.05) is 49.4 Å². The molecule has 2 aromatic heterocycles. The summed E-state index contributed by atoms with van der Waals surface area (Å²) in [4.78, 5) is 33.8. The number of carbonyl (C=O) groups excluding carboxylic acids is 1. The number of hydrogen-bond donors (Lipinski definition) is 0. The lowest BCUT2D eigenvalue weighted by molar-refractivity contribution is 0.0971. The van der Waals surface area contributed by atoms with Crippen LogP contribution in [0.4, 0.5) is 5.13 Å². The van der Waals surface area contributed by atoms with Crippen LogP contribution in [-0.2, 0) is 0 Å². The van der Waals surface area contributed by atoms with E-state index in [2.05, 4.69) is 6.58 Å². The molecule has 0 saturated heterocycles. The summed E-state index contributed by atoms with van der Waals surface area (Å²) in [5.41, 5.74) is 3.10. The number of ether oxygens (including phenoxy) is 1. The fourth-order valence-electron chi connectivity index (χ4n) is 4.48. The first-order valence-electron chi connectivity index (χ1n) is 11.2. The number of rotatable bonds is 5. The molecule has 1 atom stereocenters. The number of anilines is 1. The number of aryl methyl sites for hydroxylation is 1. The van der Waals surface area contributed by atoms with Crippen LogP contribution < -0.4 is 15.1 Å². The Morgan fingerprint density at radius 3 is 2.83 bits per heavy atom. The van der Waals surface area contributed by atoms with E-state index in [1.165, 1.54) is 11.3 Å².